The van der Waals surface area contributed by atoms with Crippen LogP contribution in [0.15, 0.2) is 27.8 Å². The van der Waals surface area contributed by atoms with Crippen LogP contribution in [0.5, 0.6) is 0 Å². The molecule has 1 N–H and O–H groups in total. The van der Waals surface area contributed by atoms with Crippen molar-refractivity contribution in [3.8, 4) is 0 Å². The van der Waals surface area contributed by atoms with Gasteiger partial charge in [-0.15, -0.1) is 0 Å². The number of pyridine rings is 1. The van der Waals surface area contributed by atoms with Crippen molar-refractivity contribution in [3.63, 3.8) is 0 Å². The van der Waals surface area contributed by atoms with Crippen molar-refractivity contribution in [3.05, 3.63) is 39.7 Å². The number of halogens is 2. The summed E-state index contributed by atoms with van der Waals surface area (Å²) in [7, 11) is -4.05. The van der Waals surface area contributed by atoms with Gasteiger partial charge in [0.25, 0.3) is 16.4 Å². The van der Waals surface area contributed by atoms with Crippen LogP contribution < -0.4 is 4.72 Å². The van der Waals surface area contributed by atoms with E-state index in [1.54, 1.807) is 6.07 Å². The molecule has 0 bridgehead atoms. The summed E-state index contributed by atoms with van der Waals surface area (Å²) in [6.45, 7) is 0. The molecule has 2 aromatic rings. The number of nitrogens with one attached hydrogen (secondary N) is 1. The van der Waals surface area contributed by atoms with Gasteiger partial charge in [-0.2, -0.15) is 11.3 Å². The van der Waals surface area contributed by atoms with Gasteiger partial charge in [0.1, 0.15) is 10.7 Å². The van der Waals surface area contributed by atoms with E-state index in [9.17, 15) is 17.2 Å². The Bertz CT molecular complexity index is 788. The number of nitrogens with zero attached hydrogens (tertiary/aromatic N) is 1. The van der Waals surface area contributed by atoms with E-state index in [2.05, 4.69) is 9.71 Å². The summed E-state index contributed by atoms with van der Waals surface area (Å²) >= 11 is 0.935. The summed E-state index contributed by atoms with van der Waals surface area (Å²) in [5, 5.41) is 2.36. The molecule has 22 heavy (non-hydrogen) atoms. The third-order valence-corrected chi connectivity index (χ3v) is 5.92. The molecule has 0 atom stereocenters. The molecule has 118 valence electrons. The zero-order valence-electron chi connectivity index (χ0n) is 11.6. The average molecular weight is 344 g/mol. The van der Waals surface area contributed by atoms with Crippen molar-refractivity contribution in [1.82, 2.24) is 4.98 Å². The maximum absolute atomic E-state index is 12.9. The normalized spacial score (nSPS) is 14.9. The molecule has 0 unspecified atom stereocenters. The van der Waals surface area contributed by atoms with Crippen LogP contribution in [0.3, 0.4) is 0 Å². The average Bonchev–Trinajstić information content (AvgIpc) is 2.97. The van der Waals surface area contributed by atoms with Crippen molar-refractivity contribution >= 4 is 27.2 Å². The molecular formula is C14H14F2N2O2S2. The van der Waals surface area contributed by atoms with E-state index in [0.29, 0.717) is 0 Å². The monoisotopic (exact) mass is 344 g/mol. The van der Waals surface area contributed by atoms with Crippen LogP contribution in [0.2, 0.25) is 0 Å². The summed E-state index contributed by atoms with van der Waals surface area (Å²) < 4.78 is 52.6. The lowest BCUT2D eigenvalue weighted by atomic mass is 9.96. The first kappa shape index (κ1) is 15.4. The lowest BCUT2D eigenvalue weighted by Gasteiger charge is -2.16. The van der Waals surface area contributed by atoms with Crippen LogP contribution in [0, 0.1) is 0 Å². The first-order valence-corrected chi connectivity index (χ1v) is 9.26. The highest BCUT2D eigenvalue weighted by Gasteiger charge is 2.25. The van der Waals surface area contributed by atoms with Crippen molar-refractivity contribution in [2.75, 3.05) is 4.72 Å². The Labute approximate surface area is 131 Å². The number of sulfonamides is 1. The van der Waals surface area contributed by atoms with Gasteiger partial charge in [0, 0.05) is 22.0 Å². The molecule has 0 saturated heterocycles. The maximum atomic E-state index is 12.9. The molecule has 1 aliphatic rings. The highest BCUT2D eigenvalue weighted by Crippen LogP contribution is 2.31. The van der Waals surface area contributed by atoms with E-state index in [1.807, 2.05) is 6.07 Å². The third-order valence-electron chi connectivity index (χ3n) is 3.60. The molecule has 4 nitrogen and oxygen atoms in total. The Morgan fingerprint density at radius 3 is 2.73 bits per heavy atom. The van der Waals surface area contributed by atoms with Gasteiger partial charge in [0.2, 0.25) is 0 Å². The van der Waals surface area contributed by atoms with Crippen molar-refractivity contribution in [2.24, 2.45) is 0 Å². The molecule has 2 heterocycles. The quantitative estimate of drug-likeness (QED) is 0.919. The number of aromatic nitrogens is 1. The smallest absolute Gasteiger partial charge is 0.263 e. The van der Waals surface area contributed by atoms with Crippen LogP contribution in [-0.2, 0) is 22.9 Å². The van der Waals surface area contributed by atoms with Crippen LogP contribution in [0.25, 0.3) is 0 Å². The SMILES string of the molecule is O=S(=O)(Nc1ccc2c(n1)CCCC2)c1cscc1C(F)F. The molecule has 0 saturated carbocycles. The molecule has 0 amide bonds. The molecule has 0 aliphatic heterocycles. The number of hydrogen-bond acceptors (Lipinski definition) is 4. The van der Waals surface area contributed by atoms with Gasteiger partial charge >= 0.3 is 0 Å². The number of alkyl halides is 2. The molecule has 8 heteroatoms. The van der Waals surface area contributed by atoms with E-state index in [0.717, 1.165) is 53.7 Å². The van der Waals surface area contributed by atoms with Crippen LogP contribution in [-0.4, -0.2) is 13.4 Å². The fraction of sp³-hybridized carbons (Fsp3) is 0.357. The Balaban J connectivity index is 1.90. The molecule has 0 spiro atoms. The second-order valence-electron chi connectivity index (χ2n) is 5.11. The van der Waals surface area contributed by atoms with E-state index >= 15 is 0 Å². The standard InChI is InChI=1S/C14H14F2N2O2S2/c15-14(16)10-7-21-8-12(10)22(19,20)18-13-6-5-9-3-1-2-4-11(9)17-13/h5-8,14H,1-4H2,(H,17,18). The van der Waals surface area contributed by atoms with Gasteiger partial charge in [0.05, 0.1) is 0 Å². The Morgan fingerprint density at radius 2 is 1.95 bits per heavy atom. The number of rotatable bonds is 4. The number of thiophene rings is 1. The summed E-state index contributed by atoms with van der Waals surface area (Å²) in [5.41, 5.74) is 1.53. The third kappa shape index (κ3) is 2.98. The highest BCUT2D eigenvalue weighted by molar-refractivity contribution is 7.92. The van der Waals surface area contributed by atoms with Gasteiger partial charge in [0.15, 0.2) is 0 Å². The van der Waals surface area contributed by atoms with Gasteiger partial charge in [-0.05, 0) is 37.3 Å². The summed E-state index contributed by atoms with van der Waals surface area (Å²) in [5.74, 6) is 0.173. The fourth-order valence-corrected chi connectivity index (χ4v) is 4.91. The Kier molecular flexibility index (Phi) is 4.14. The van der Waals surface area contributed by atoms with Gasteiger partial charge in [-0.1, -0.05) is 6.07 Å². The summed E-state index contributed by atoms with van der Waals surface area (Å²) in [6, 6.07) is 3.43. The highest BCUT2D eigenvalue weighted by atomic mass is 32.2. The molecular weight excluding hydrogens is 330 g/mol. The van der Waals surface area contributed by atoms with Crippen molar-refractivity contribution in [1.29, 1.82) is 0 Å². The van der Waals surface area contributed by atoms with Gasteiger partial charge in [-0.3, -0.25) is 4.72 Å². The van der Waals surface area contributed by atoms with Crippen LogP contribution >= 0.6 is 11.3 Å². The molecule has 3 rings (SSSR count). The second-order valence-corrected chi connectivity index (χ2v) is 7.50. The van der Waals surface area contributed by atoms with Gasteiger partial charge in [-0.25, -0.2) is 22.2 Å². The lowest BCUT2D eigenvalue weighted by Crippen LogP contribution is -2.16. The largest absolute Gasteiger partial charge is 0.265 e. The van der Waals surface area contributed by atoms with Crippen molar-refractivity contribution < 1.29 is 17.2 Å². The Hall–Kier alpha value is -1.54. The van der Waals surface area contributed by atoms with Crippen LogP contribution in [0.1, 0.15) is 36.1 Å². The van der Waals surface area contributed by atoms with E-state index < -0.39 is 22.0 Å². The molecule has 0 fully saturated rings. The molecule has 0 aromatic carbocycles. The number of anilines is 1. The first-order valence-electron chi connectivity index (χ1n) is 6.83. The molecule has 2 aromatic heterocycles. The fourth-order valence-electron chi connectivity index (χ4n) is 2.50. The minimum absolute atomic E-state index is 0.173. The summed E-state index contributed by atoms with van der Waals surface area (Å²) in [4.78, 5) is 3.93. The minimum Gasteiger partial charge on any atom is -0.263 e. The Morgan fingerprint density at radius 1 is 1.18 bits per heavy atom. The number of aryl methyl sites for hydroxylation is 2. The zero-order chi connectivity index (χ0) is 15.7. The topological polar surface area (TPSA) is 59.1 Å². The number of fused-ring (bicyclic) bond motifs is 1. The van der Waals surface area contributed by atoms with Crippen molar-refractivity contribution in [2.45, 2.75) is 37.0 Å². The van der Waals surface area contributed by atoms with Gasteiger partial charge < -0.3 is 0 Å². The van der Waals surface area contributed by atoms with E-state index in [-0.39, 0.29) is 10.7 Å². The number of hydrogen-bond donors (Lipinski definition) is 1. The second kappa shape index (κ2) is 5.92. The first-order chi connectivity index (χ1) is 10.5. The maximum Gasteiger partial charge on any atom is 0.265 e. The zero-order valence-corrected chi connectivity index (χ0v) is 13.2. The predicted molar refractivity (Wildman–Crippen MR) is 81.0 cm³/mol. The van der Waals surface area contributed by atoms with E-state index in [1.165, 1.54) is 5.38 Å². The predicted octanol–water partition coefficient (Wildman–Crippen LogP) is 3.76. The minimum atomic E-state index is -4.05. The van der Waals surface area contributed by atoms with E-state index in [4.69, 9.17) is 0 Å². The molecule has 0 radical (unpaired) electrons. The summed E-state index contributed by atoms with van der Waals surface area (Å²) in [6.07, 6.45) is 1.05. The lowest BCUT2D eigenvalue weighted by molar-refractivity contribution is 0.148. The molecule has 1 aliphatic carbocycles. The van der Waals surface area contributed by atoms with Crippen LogP contribution in [0.4, 0.5) is 14.6 Å².